The summed E-state index contributed by atoms with van der Waals surface area (Å²) in [5.74, 6) is 1.29. The van der Waals surface area contributed by atoms with Crippen molar-refractivity contribution < 1.29 is 4.79 Å². The van der Waals surface area contributed by atoms with E-state index in [1.54, 1.807) is 10.9 Å². The molecule has 2 atom stereocenters. The molecule has 4 rings (SSSR count). The van der Waals surface area contributed by atoms with Crippen molar-refractivity contribution in [1.29, 1.82) is 0 Å². The second kappa shape index (κ2) is 4.45. The quantitative estimate of drug-likeness (QED) is 0.917. The van der Waals surface area contributed by atoms with Gasteiger partial charge in [-0.25, -0.2) is 0 Å². The van der Waals surface area contributed by atoms with Gasteiger partial charge in [-0.2, -0.15) is 5.10 Å². The minimum absolute atomic E-state index is 0.0585. The summed E-state index contributed by atoms with van der Waals surface area (Å²) in [5.41, 5.74) is 5.24. The number of aromatic nitrogens is 2. The van der Waals surface area contributed by atoms with Crippen molar-refractivity contribution >= 4 is 11.6 Å². The Labute approximate surface area is 124 Å². The molecule has 1 heterocycles. The largest absolute Gasteiger partial charge is 0.322 e. The molecule has 0 spiro atoms. The molecular weight excluding hydrogens is 262 g/mol. The number of anilines is 1. The summed E-state index contributed by atoms with van der Waals surface area (Å²) in [7, 11) is 1.84. The normalized spacial score (nSPS) is 22.4. The monoisotopic (exact) mass is 281 g/mol. The summed E-state index contributed by atoms with van der Waals surface area (Å²) < 4.78 is 1.68. The van der Waals surface area contributed by atoms with Gasteiger partial charge in [0, 0.05) is 18.9 Å². The Bertz CT molecular complexity index is 732. The predicted octanol–water partition coefficient (Wildman–Crippen LogP) is 3.35. The lowest BCUT2D eigenvalue weighted by atomic mass is 9.90. The van der Waals surface area contributed by atoms with Crippen LogP contribution < -0.4 is 5.32 Å². The van der Waals surface area contributed by atoms with Crippen molar-refractivity contribution in [2.75, 3.05) is 5.32 Å². The van der Waals surface area contributed by atoms with E-state index in [0.717, 1.165) is 11.4 Å². The van der Waals surface area contributed by atoms with Gasteiger partial charge in [0.15, 0.2) is 0 Å². The van der Waals surface area contributed by atoms with Crippen LogP contribution in [-0.4, -0.2) is 15.7 Å². The van der Waals surface area contributed by atoms with Crippen molar-refractivity contribution in [1.82, 2.24) is 9.78 Å². The maximum atomic E-state index is 12.5. The molecule has 0 aliphatic heterocycles. The van der Waals surface area contributed by atoms with Crippen molar-refractivity contribution in [3.8, 4) is 0 Å². The Morgan fingerprint density at radius 1 is 1.33 bits per heavy atom. The molecular formula is C17H19N3O. The number of carbonyl (C=O) groups is 1. The number of hydrogen-bond donors (Lipinski definition) is 1. The van der Waals surface area contributed by atoms with Crippen molar-refractivity contribution in [3.05, 3.63) is 46.8 Å². The van der Waals surface area contributed by atoms with E-state index in [0.29, 0.717) is 17.4 Å². The van der Waals surface area contributed by atoms with Gasteiger partial charge in [0.25, 0.3) is 5.91 Å². The first-order valence-electron chi connectivity index (χ1n) is 7.58. The molecule has 1 fully saturated rings. The Balaban J connectivity index is 1.67. The third-order valence-corrected chi connectivity index (χ3v) is 4.93. The minimum Gasteiger partial charge on any atom is -0.322 e. The van der Waals surface area contributed by atoms with Gasteiger partial charge in [-0.05, 0) is 55.2 Å². The maximum Gasteiger partial charge on any atom is 0.259 e. The first-order chi connectivity index (χ1) is 10.1. The van der Waals surface area contributed by atoms with E-state index in [1.807, 2.05) is 20.0 Å². The maximum absolute atomic E-state index is 12.5. The van der Waals surface area contributed by atoms with E-state index < -0.39 is 0 Å². The number of benzene rings is 1. The van der Waals surface area contributed by atoms with Gasteiger partial charge in [0.1, 0.15) is 0 Å². The molecule has 1 amide bonds. The van der Waals surface area contributed by atoms with Crippen molar-refractivity contribution in [2.45, 2.75) is 38.0 Å². The number of nitrogens with zero attached hydrogens (tertiary/aromatic N) is 2. The van der Waals surface area contributed by atoms with Crippen LogP contribution in [0.1, 0.15) is 58.3 Å². The molecule has 4 nitrogen and oxygen atoms in total. The molecule has 1 saturated carbocycles. The molecule has 2 unspecified atom stereocenters. The summed E-state index contributed by atoms with van der Waals surface area (Å²) in [6, 6.07) is 6.32. The standard InChI is InChI=1S/C17H19N3O/c1-10-14(9-20(2)19-10)17(21)18-15-5-3-4-13-11-6-7-12(8-11)16(13)15/h3-5,9,11-12H,6-8H2,1-2H3,(H,18,21). The Morgan fingerprint density at radius 3 is 2.90 bits per heavy atom. The van der Waals surface area contributed by atoms with Crippen LogP contribution in [0.4, 0.5) is 5.69 Å². The van der Waals surface area contributed by atoms with Crippen LogP contribution in [0.3, 0.4) is 0 Å². The number of fused-ring (bicyclic) bond motifs is 5. The Morgan fingerprint density at radius 2 is 2.14 bits per heavy atom. The first-order valence-corrected chi connectivity index (χ1v) is 7.58. The van der Waals surface area contributed by atoms with Crippen LogP contribution in [0.2, 0.25) is 0 Å². The molecule has 2 bridgehead atoms. The van der Waals surface area contributed by atoms with Crippen LogP contribution in [0.5, 0.6) is 0 Å². The Hall–Kier alpha value is -2.10. The van der Waals surface area contributed by atoms with Crippen LogP contribution in [-0.2, 0) is 7.05 Å². The van der Waals surface area contributed by atoms with E-state index in [4.69, 9.17) is 0 Å². The number of rotatable bonds is 2. The molecule has 2 aliphatic rings. The summed E-state index contributed by atoms with van der Waals surface area (Å²) >= 11 is 0. The smallest absolute Gasteiger partial charge is 0.259 e. The van der Waals surface area contributed by atoms with Gasteiger partial charge >= 0.3 is 0 Å². The zero-order valence-corrected chi connectivity index (χ0v) is 12.4. The lowest BCUT2D eigenvalue weighted by Gasteiger charge is -2.19. The molecule has 1 N–H and O–H groups in total. The van der Waals surface area contributed by atoms with E-state index in [1.165, 1.54) is 30.4 Å². The topological polar surface area (TPSA) is 46.9 Å². The minimum atomic E-state index is -0.0585. The number of hydrogen-bond acceptors (Lipinski definition) is 2. The summed E-state index contributed by atoms with van der Waals surface area (Å²) in [6.45, 7) is 1.87. The summed E-state index contributed by atoms with van der Waals surface area (Å²) in [6.07, 6.45) is 5.60. The van der Waals surface area contributed by atoms with Gasteiger partial charge in [0.05, 0.1) is 11.3 Å². The van der Waals surface area contributed by atoms with E-state index in [9.17, 15) is 4.79 Å². The highest BCUT2D eigenvalue weighted by Crippen LogP contribution is 2.55. The lowest BCUT2D eigenvalue weighted by molar-refractivity contribution is 0.102. The molecule has 4 heteroatoms. The highest BCUT2D eigenvalue weighted by Gasteiger charge is 2.38. The van der Waals surface area contributed by atoms with E-state index in [2.05, 4.69) is 22.5 Å². The summed E-state index contributed by atoms with van der Waals surface area (Å²) in [5, 5.41) is 7.35. The van der Waals surface area contributed by atoms with Gasteiger partial charge in [-0.15, -0.1) is 0 Å². The van der Waals surface area contributed by atoms with Crippen molar-refractivity contribution in [3.63, 3.8) is 0 Å². The lowest BCUT2D eigenvalue weighted by Crippen LogP contribution is -2.15. The highest BCUT2D eigenvalue weighted by molar-refractivity contribution is 6.05. The average Bonchev–Trinajstić information content (AvgIpc) is 3.14. The summed E-state index contributed by atoms with van der Waals surface area (Å²) in [4.78, 5) is 12.5. The van der Waals surface area contributed by atoms with Crippen LogP contribution in [0.15, 0.2) is 24.4 Å². The van der Waals surface area contributed by atoms with Crippen LogP contribution in [0, 0.1) is 6.92 Å². The zero-order chi connectivity index (χ0) is 14.6. The average molecular weight is 281 g/mol. The fourth-order valence-corrected chi connectivity index (χ4v) is 4.04. The molecule has 108 valence electrons. The van der Waals surface area contributed by atoms with Gasteiger partial charge in [-0.3, -0.25) is 9.48 Å². The molecule has 1 aromatic heterocycles. The number of amides is 1. The van der Waals surface area contributed by atoms with Gasteiger partial charge < -0.3 is 5.32 Å². The predicted molar refractivity (Wildman–Crippen MR) is 81.7 cm³/mol. The molecule has 2 aromatic rings. The first kappa shape index (κ1) is 12.6. The Kier molecular flexibility index (Phi) is 2.67. The second-order valence-electron chi connectivity index (χ2n) is 6.27. The number of carbonyl (C=O) groups excluding carboxylic acids is 1. The van der Waals surface area contributed by atoms with Gasteiger partial charge in [0.2, 0.25) is 0 Å². The van der Waals surface area contributed by atoms with Crippen LogP contribution >= 0.6 is 0 Å². The fraction of sp³-hybridized carbons (Fsp3) is 0.412. The molecule has 1 aromatic carbocycles. The van der Waals surface area contributed by atoms with E-state index in [-0.39, 0.29) is 5.91 Å². The second-order valence-corrected chi connectivity index (χ2v) is 6.27. The molecule has 0 saturated heterocycles. The molecule has 0 radical (unpaired) electrons. The fourth-order valence-electron chi connectivity index (χ4n) is 4.04. The SMILES string of the molecule is Cc1nn(C)cc1C(=O)Nc1cccc2c1C1CCC2C1. The highest BCUT2D eigenvalue weighted by atomic mass is 16.1. The zero-order valence-electron chi connectivity index (χ0n) is 12.4. The molecule has 21 heavy (non-hydrogen) atoms. The third-order valence-electron chi connectivity index (χ3n) is 4.93. The third kappa shape index (κ3) is 1.89. The molecule has 2 aliphatic carbocycles. The van der Waals surface area contributed by atoms with E-state index >= 15 is 0 Å². The number of nitrogens with one attached hydrogen (secondary N) is 1. The van der Waals surface area contributed by atoms with Crippen molar-refractivity contribution in [2.24, 2.45) is 7.05 Å². The van der Waals surface area contributed by atoms with Gasteiger partial charge in [-0.1, -0.05) is 12.1 Å². The van der Waals surface area contributed by atoms with Crippen LogP contribution in [0.25, 0.3) is 0 Å². The number of aryl methyl sites for hydroxylation is 2.